The number of aliphatic hydroxyl groups excluding tert-OH is 1. The van der Waals surface area contributed by atoms with Crippen LogP contribution in [0.4, 0.5) is 0 Å². The third-order valence-electron chi connectivity index (χ3n) is 5.52. The number of aromatic nitrogens is 6. The van der Waals surface area contributed by atoms with Gasteiger partial charge in [0.25, 0.3) is 0 Å². The molecule has 2 aromatic carbocycles. The Morgan fingerprint density at radius 2 is 2.00 bits per heavy atom. The van der Waals surface area contributed by atoms with E-state index in [9.17, 15) is 5.11 Å². The Balaban J connectivity index is 1.68. The van der Waals surface area contributed by atoms with Gasteiger partial charge in [-0.15, -0.1) is 10.2 Å². The Kier molecular flexibility index (Phi) is 5.46. The Labute approximate surface area is 188 Å². The maximum absolute atomic E-state index is 9.98. The van der Waals surface area contributed by atoms with Gasteiger partial charge >= 0.3 is 0 Å². The molecule has 8 nitrogen and oxygen atoms in total. The van der Waals surface area contributed by atoms with Gasteiger partial charge in [0.15, 0.2) is 5.15 Å². The number of hydrogen-bond donors (Lipinski definition) is 2. The van der Waals surface area contributed by atoms with E-state index in [2.05, 4.69) is 38.6 Å². The molecule has 3 aromatic heterocycles. The van der Waals surface area contributed by atoms with Crippen LogP contribution in [-0.2, 0) is 13.0 Å². The van der Waals surface area contributed by atoms with E-state index in [-0.39, 0.29) is 6.61 Å². The summed E-state index contributed by atoms with van der Waals surface area (Å²) in [7, 11) is 0. The van der Waals surface area contributed by atoms with Crippen molar-refractivity contribution in [3.05, 3.63) is 65.4 Å². The van der Waals surface area contributed by atoms with Crippen molar-refractivity contribution in [3.63, 3.8) is 0 Å². The molecule has 32 heavy (non-hydrogen) atoms. The van der Waals surface area contributed by atoms with Gasteiger partial charge in [0, 0.05) is 17.4 Å². The molecule has 0 aliphatic carbocycles. The molecule has 0 aliphatic rings. The fourth-order valence-corrected chi connectivity index (χ4v) is 4.20. The molecule has 9 heteroatoms. The molecule has 5 rings (SSSR count). The molecule has 0 atom stereocenters. The number of H-pyrrole nitrogens is 1. The number of imidazole rings is 1. The number of fused-ring (bicyclic) bond motifs is 1. The molecule has 3 heterocycles. The topological polar surface area (TPSA) is 106 Å². The van der Waals surface area contributed by atoms with Crippen LogP contribution in [0.5, 0.6) is 0 Å². The quantitative estimate of drug-likeness (QED) is 0.364. The zero-order chi connectivity index (χ0) is 22.1. The highest BCUT2D eigenvalue weighted by atomic mass is 35.5. The predicted octanol–water partition coefficient (Wildman–Crippen LogP) is 4.95. The van der Waals surface area contributed by atoms with Crippen LogP contribution in [0.3, 0.4) is 0 Å². The van der Waals surface area contributed by atoms with E-state index in [1.807, 2.05) is 41.0 Å². The summed E-state index contributed by atoms with van der Waals surface area (Å²) in [5.41, 5.74) is 4.91. The zero-order valence-corrected chi connectivity index (χ0v) is 18.2. The van der Waals surface area contributed by atoms with Crippen LogP contribution in [0, 0.1) is 0 Å². The van der Waals surface area contributed by atoms with Crippen molar-refractivity contribution in [2.45, 2.75) is 32.8 Å². The predicted molar refractivity (Wildman–Crippen MR) is 121 cm³/mol. The number of aliphatic hydroxyl groups is 1. The fraction of sp³-hybridized carbons (Fsp3) is 0.217. The molecule has 0 spiro atoms. The second-order valence-electron chi connectivity index (χ2n) is 7.48. The lowest BCUT2D eigenvalue weighted by molar-refractivity contribution is 0.274. The monoisotopic (exact) mass is 448 g/mol. The van der Waals surface area contributed by atoms with E-state index in [1.54, 1.807) is 6.26 Å². The van der Waals surface area contributed by atoms with E-state index in [0.29, 0.717) is 16.7 Å². The summed E-state index contributed by atoms with van der Waals surface area (Å²) in [4.78, 5) is 4.51. The van der Waals surface area contributed by atoms with Crippen LogP contribution < -0.4 is 0 Å². The molecule has 0 aliphatic heterocycles. The van der Waals surface area contributed by atoms with Crippen molar-refractivity contribution in [3.8, 4) is 28.2 Å². The minimum Gasteiger partial charge on any atom is -0.462 e. The van der Waals surface area contributed by atoms with Crippen molar-refractivity contribution < 1.29 is 9.52 Å². The van der Waals surface area contributed by atoms with Gasteiger partial charge in [-0.05, 0) is 34.9 Å². The molecular weight excluding hydrogens is 428 g/mol. The first-order valence-electron chi connectivity index (χ1n) is 10.4. The summed E-state index contributed by atoms with van der Waals surface area (Å²) < 4.78 is 7.77. The lowest BCUT2D eigenvalue weighted by atomic mass is 9.98. The van der Waals surface area contributed by atoms with E-state index in [1.165, 1.54) is 0 Å². The molecule has 162 valence electrons. The summed E-state index contributed by atoms with van der Waals surface area (Å²) in [5, 5.41) is 25.7. The van der Waals surface area contributed by atoms with Gasteiger partial charge in [-0.25, -0.2) is 4.98 Å². The number of nitrogens with one attached hydrogen (secondary N) is 1. The third-order valence-corrected chi connectivity index (χ3v) is 5.82. The number of hydrogen-bond acceptors (Lipinski definition) is 6. The second-order valence-corrected chi connectivity index (χ2v) is 7.83. The van der Waals surface area contributed by atoms with E-state index >= 15 is 0 Å². The number of benzene rings is 2. The molecule has 5 aromatic rings. The SMILES string of the molecule is CCCCc1nc(Cl)c(CO)n1-c1coc2ccc(-c3ccccc3-c3nn[nH]n3)cc12. The second kappa shape index (κ2) is 8.57. The zero-order valence-electron chi connectivity index (χ0n) is 17.4. The molecule has 0 unspecified atom stereocenters. The smallest absolute Gasteiger partial charge is 0.205 e. The number of nitrogens with zero attached hydrogens (tertiary/aromatic N) is 5. The third kappa shape index (κ3) is 3.47. The molecular formula is C23H21ClN6O2. The van der Waals surface area contributed by atoms with Gasteiger partial charge in [0.05, 0.1) is 18.0 Å². The van der Waals surface area contributed by atoms with Gasteiger partial charge in [-0.2, -0.15) is 5.21 Å². The average molecular weight is 449 g/mol. The van der Waals surface area contributed by atoms with Crippen molar-refractivity contribution >= 4 is 22.6 Å². The van der Waals surface area contributed by atoms with E-state index in [0.717, 1.165) is 58.4 Å². The van der Waals surface area contributed by atoms with Crippen molar-refractivity contribution in [1.82, 2.24) is 30.2 Å². The Morgan fingerprint density at radius 1 is 1.16 bits per heavy atom. The van der Waals surface area contributed by atoms with Crippen LogP contribution in [0.1, 0.15) is 31.3 Å². The Bertz CT molecular complexity index is 1370. The highest BCUT2D eigenvalue weighted by Gasteiger charge is 2.20. The van der Waals surface area contributed by atoms with E-state index in [4.69, 9.17) is 16.0 Å². The van der Waals surface area contributed by atoms with Gasteiger partial charge in [-0.3, -0.25) is 4.57 Å². The first-order chi connectivity index (χ1) is 15.7. The molecule has 0 amide bonds. The largest absolute Gasteiger partial charge is 0.462 e. The maximum Gasteiger partial charge on any atom is 0.205 e. The van der Waals surface area contributed by atoms with Crippen molar-refractivity contribution in [2.24, 2.45) is 0 Å². The molecule has 0 radical (unpaired) electrons. The number of furan rings is 1. The van der Waals surface area contributed by atoms with Crippen LogP contribution in [0.25, 0.3) is 39.2 Å². The van der Waals surface area contributed by atoms with Gasteiger partial charge < -0.3 is 9.52 Å². The highest BCUT2D eigenvalue weighted by Crippen LogP contribution is 2.35. The number of aryl methyl sites for hydroxylation is 1. The van der Waals surface area contributed by atoms with Crippen LogP contribution in [-0.4, -0.2) is 35.3 Å². The number of aromatic amines is 1. The van der Waals surface area contributed by atoms with Gasteiger partial charge in [0.1, 0.15) is 17.7 Å². The standard InChI is InChI=1S/C23H21ClN6O2/c1-2-3-8-21-25-22(24)18(12-31)30(21)19-13-32-20-10-9-14(11-17(19)20)15-6-4-5-7-16(15)23-26-28-29-27-23/h4-7,9-11,13,31H,2-3,8,12H2,1H3,(H,26,27,28,29). The molecule has 2 N–H and O–H groups in total. The molecule has 0 bridgehead atoms. The lowest BCUT2D eigenvalue weighted by Gasteiger charge is -2.10. The highest BCUT2D eigenvalue weighted by molar-refractivity contribution is 6.30. The average Bonchev–Trinajstić information content (AvgIpc) is 3.56. The normalized spacial score (nSPS) is 11.5. The first kappa shape index (κ1) is 20.4. The number of unbranched alkanes of at least 4 members (excludes halogenated alkanes) is 1. The minimum absolute atomic E-state index is 0.217. The minimum atomic E-state index is -0.217. The van der Waals surface area contributed by atoms with Crippen LogP contribution >= 0.6 is 11.6 Å². The summed E-state index contributed by atoms with van der Waals surface area (Å²) in [6.45, 7) is 1.91. The van der Waals surface area contributed by atoms with Crippen LogP contribution in [0.15, 0.2) is 53.1 Å². The number of rotatable bonds is 7. The number of tetrazole rings is 1. The van der Waals surface area contributed by atoms with Crippen molar-refractivity contribution in [2.75, 3.05) is 0 Å². The summed E-state index contributed by atoms with van der Waals surface area (Å²) in [5.74, 6) is 1.33. The Morgan fingerprint density at radius 3 is 2.75 bits per heavy atom. The fourth-order valence-electron chi connectivity index (χ4n) is 3.96. The summed E-state index contributed by atoms with van der Waals surface area (Å²) in [6, 6.07) is 13.9. The molecule has 0 saturated heterocycles. The van der Waals surface area contributed by atoms with E-state index < -0.39 is 0 Å². The Hall–Kier alpha value is -3.49. The molecule has 0 fully saturated rings. The van der Waals surface area contributed by atoms with Gasteiger partial charge in [0.2, 0.25) is 5.82 Å². The lowest BCUT2D eigenvalue weighted by Crippen LogP contribution is -2.05. The van der Waals surface area contributed by atoms with Crippen molar-refractivity contribution in [1.29, 1.82) is 0 Å². The van der Waals surface area contributed by atoms with Crippen LogP contribution in [0.2, 0.25) is 5.15 Å². The maximum atomic E-state index is 9.98. The molecule has 0 saturated carbocycles. The summed E-state index contributed by atoms with van der Waals surface area (Å²) >= 11 is 6.36. The number of halogens is 1. The summed E-state index contributed by atoms with van der Waals surface area (Å²) in [6.07, 6.45) is 4.44. The van der Waals surface area contributed by atoms with Gasteiger partial charge in [-0.1, -0.05) is 55.3 Å². The first-order valence-corrected chi connectivity index (χ1v) is 10.8.